The summed E-state index contributed by atoms with van der Waals surface area (Å²) < 4.78 is 50.8. The van der Waals surface area contributed by atoms with Gasteiger partial charge in [-0.15, -0.1) is 0 Å². The van der Waals surface area contributed by atoms with Crippen LogP contribution in [0.4, 0.5) is 8.78 Å². The van der Waals surface area contributed by atoms with Crippen LogP contribution in [0.2, 0.25) is 0 Å². The third-order valence-corrected chi connectivity index (χ3v) is 8.08. The van der Waals surface area contributed by atoms with Gasteiger partial charge in [-0.05, 0) is 146 Å². The highest BCUT2D eigenvalue weighted by molar-refractivity contribution is 6.09. The second kappa shape index (κ2) is 13.6. The highest BCUT2D eigenvalue weighted by atomic mass is 19.1. The Bertz CT molecular complexity index is 1920. The predicted molar refractivity (Wildman–Crippen MR) is 178 cm³/mol. The fourth-order valence-electron chi connectivity index (χ4n) is 5.55. The maximum Gasteiger partial charge on any atom is 0.222 e. The SMILES string of the molecule is O=C(c1ccc(F)cc1)c1ccc(Oc2ccc(C3(c4ccc(Oc5ccc(C(=O)c6ccc(F)cc6)cc5)cc4)OCCO3)cc2)cc1. The van der Waals surface area contributed by atoms with Crippen molar-refractivity contribution in [2.45, 2.75) is 5.79 Å². The van der Waals surface area contributed by atoms with Crippen molar-refractivity contribution in [1.82, 2.24) is 0 Å². The number of carbonyl (C=O) groups excluding carboxylic acids is 2. The smallest absolute Gasteiger partial charge is 0.222 e. The molecule has 1 aliphatic rings. The minimum absolute atomic E-state index is 0.205. The molecule has 0 aliphatic carbocycles. The molecule has 0 aromatic heterocycles. The summed E-state index contributed by atoms with van der Waals surface area (Å²) >= 11 is 0. The lowest BCUT2D eigenvalue weighted by Gasteiger charge is -2.28. The first-order chi connectivity index (χ1) is 23.9. The maximum absolute atomic E-state index is 13.2. The molecular formula is C41H28F2O6. The van der Waals surface area contributed by atoms with E-state index in [1.807, 2.05) is 48.5 Å². The average Bonchev–Trinajstić information content (AvgIpc) is 3.64. The molecule has 1 aliphatic heterocycles. The fraction of sp³-hybridized carbons (Fsp3) is 0.0732. The lowest BCUT2D eigenvalue weighted by atomic mass is 9.97. The number of halogens is 2. The van der Waals surface area contributed by atoms with E-state index in [1.165, 1.54) is 48.5 Å². The molecule has 7 rings (SSSR count). The van der Waals surface area contributed by atoms with Crippen LogP contribution in [-0.4, -0.2) is 24.8 Å². The van der Waals surface area contributed by atoms with Crippen molar-refractivity contribution in [1.29, 1.82) is 0 Å². The minimum Gasteiger partial charge on any atom is -0.457 e. The standard InChI is InChI=1S/C41H28F2O6/c42-33-13-1-27(2-14-33)39(44)29-5-17-35(18-6-29)48-37-21-9-31(10-22-37)41(46-25-26-47-41)32-11-23-38(24-12-32)49-36-19-7-30(8-20-36)40(45)28-3-15-34(43)16-4-28/h1-24H,25-26H2. The first-order valence-corrected chi connectivity index (χ1v) is 15.5. The van der Waals surface area contributed by atoms with Gasteiger partial charge in [-0.2, -0.15) is 0 Å². The van der Waals surface area contributed by atoms with Crippen molar-refractivity contribution in [3.63, 3.8) is 0 Å². The summed E-state index contributed by atoms with van der Waals surface area (Å²) in [6, 6.07) is 39.2. The quantitative estimate of drug-likeness (QED) is 0.137. The normalized spacial score (nSPS) is 13.5. The molecule has 8 heteroatoms. The molecule has 0 atom stereocenters. The molecule has 0 amide bonds. The number of ketones is 2. The van der Waals surface area contributed by atoms with Gasteiger partial charge in [-0.3, -0.25) is 9.59 Å². The average molecular weight is 655 g/mol. The first-order valence-electron chi connectivity index (χ1n) is 15.5. The number of hydrogen-bond donors (Lipinski definition) is 0. The van der Waals surface area contributed by atoms with Crippen molar-refractivity contribution in [2.24, 2.45) is 0 Å². The zero-order valence-electron chi connectivity index (χ0n) is 26.0. The fourth-order valence-corrected chi connectivity index (χ4v) is 5.55. The summed E-state index contributed by atoms with van der Waals surface area (Å²) in [4.78, 5) is 25.4. The van der Waals surface area contributed by atoms with Gasteiger partial charge in [0, 0.05) is 33.4 Å². The van der Waals surface area contributed by atoms with Crippen LogP contribution < -0.4 is 9.47 Å². The molecule has 6 nitrogen and oxygen atoms in total. The zero-order chi connectivity index (χ0) is 33.8. The van der Waals surface area contributed by atoms with Crippen LogP contribution in [0.15, 0.2) is 146 Å². The summed E-state index contributed by atoms with van der Waals surface area (Å²) in [5, 5.41) is 0. The van der Waals surface area contributed by atoms with Gasteiger partial charge in [0.1, 0.15) is 34.6 Å². The van der Waals surface area contributed by atoms with Crippen molar-refractivity contribution in [3.05, 3.63) is 191 Å². The molecule has 49 heavy (non-hydrogen) atoms. The van der Waals surface area contributed by atoms with E-state index in [0.717, 1.165) is 11.1 Å². The van der Waals surface area contributed by atoms with Crippen molar-refractivity contribution in [3.8, 4) is 23.0 Å². The van der Waals surface area contributed by atoms with Crippen molar-refractivity contribution >= 4 is 11.6 Å². The third-order valence-electron chi connectivity index (χ3n) is 8.08. The van der Waals surface area contributed by atoms with Crippen LogP contribution in [0.1, 0.15) is 43.0 Å². The molecule has 6 aromatic rings. The Morgan fingerprint density at radius 3 is 1.00 bits per heavy atom. The van der Waals surface area contributed by atoms with Crippen molar-refractivity contribution in [2.75, 3.05) is 13.2 Å². The molecule has 0 N–H and O–H groups in total. The van der Waals surface area contributed by atoms with E-state index in [4.69, 9.17) is 18.9 Å². The lowest BCUT2D eigenvalue weighted by molar-refractivity contribution is -0.129. The Morgan fingerprint density at radius 1 is 0.429 bits per heavy atom. The Hall–Kier alpha value is -5.96. The number of ether oxygens (including phenoxy) is 4. The monoisotopic (exact) mass is 654 g/mol. The predicted octanol–water partition coefficient (Wildman–Crippen LogP) is 9.26. The lowest BCUT2D eigenvalue weighted by Crippen LogP contribution is -2.28. The van der Waals surface area contributed by atoms with E-state index in [-0.39, 0.29) is 11.6 Å². The van der Waals surface area contributed by atoms with Gasteiger partial charge < -0.3 is 18.9 Å². The summed E-state index contributed by atoms with van der Waals surface area (Å²) in [6.45, 7) is 0.838. The molecule has 0 radical (unpaired) electrons. The van der Waals surface area contributed by atoms with Crippen LogP contribution >= 0.6 is 0 Å². The van der Waals surface area contributed by atoms with Crippen molar-refractivity contribution < 1.29 is 37.3 Å². The molecular weight excluding hydrogens is 626 g/mol. The number of hydrogen-bond acceptors (Lipinski definition) is 6. The van der Waals surface area contributed by atoms with E-state index in [1.54, 1.807) is 48.5 Å². The number of carbonyl (C=O) groups is 2. The summed E-state index contributed by atoms with van der Waals surface area (Å²) in [6.07, 6.45) is 0. The highest BCUT2D eigenvalue weighted by Gasteiger charge is 2.40. The van der Waals surface area contributed by atoms with E-state index in [9.17, 15) is 18.4 Å². The molecule has 1 fully saturated rings. The number of rotatable bonds is 10. The number of benzene rings is 6. The summed E-state index contributed by atoms with van der Waals surface area (Å²) in [5.74, 6) is -0.0339. The van der Waals surface area contributed by atoms with Gasteiger partial charge in [0.05, 0.1) is 13.2 Å². The van der Waals surface area contributed by atoms with Gasteiger partial charge in [0.15, 0.2) is 11.6 Å². The Balaban J connectivity index is 1.01. The van der Waals surface area contributed by atoms with E-state index in [2.05, 4.69) is 0 Å². The van der Waals surface area contributed by atoms with Crippen LogP contribution in [0.5, 0.6) is 23.0 Å². The molecule has 0 saturated carbocycles. The molecule has 1 heterocycles. The summed E-state index contributed by atoms with van der Waals surface area (Å²) in [5.41, 5.74) is 3.32. The zero-order valence-corrected chi connectivity index (χ0v) is 26.0. The van der Waals surface area contributed by atoms with Crippen LogP contribution in [0.25, 0.3) is 0 Å². The second-order valence-electron chi connectivity index (χ2n) is 11.3. The topological polar surface area (TPSA) is 71.1 Å². The third kappa shape index (κ3) is 6.87. The molecule has 0 unspecified atom stereocenters. The maximum atomic E-state index is 13.2. The molecule has 242 valence electrons. The molecule has 1 saturated heterocycles. The highest BCUT2D eigenvalue weighted by Crippen LogP contribution is 2.40. The Kier molecular flexibility index (Phi) is 8.81. The van der Waals surface area contributed by atoms with Gasteiger partial charge in [-0.25, -0.2) is 8.78 Å². The summed E-state index contributed by atoms with van der Waals surface area (Å²) in [7, 11) is 0. The van der Waals surface area contributed by atoms with Gasteiger partial charge in [-0.1, -0.05) is 0 Å². The largest absolute Gasteiger partial charge is 0.457 e. The second-order valence-corrected chi connectivity index (χ2v) is 11.3. The first kappa shape index (κ1) is 31.6. The van der Waals surface area contributed by atoms with Crippen LogP contribution in [0, 0.1) is 11.6 Å². The molecule has 6 aromatic carbocycles. The Labute approximate surface area is 281 Å². The van der Waals surface area contributed by atoms with E-state index >= 15 is 0 Å². The Morgan fingerprint density at radius 2 is 0.694 bits per heavy atom. The van der Waals surface area contributed by atoms with Gasteiger partial charge in [0.25, 0.3) is 0 Å². The minimum atomic E-state index is -1.11. The van der Waals surface area contributed by atoms with E-state index in [0.29, 0.717) is 58.5 Å². The van der Waals surface area contributed by atoms with Gasteiger partial charge >= 0.3 is 0 Å². The van der Waals surface area contributed by atoms with Crippen LogP contribution in [-0.2, 0) is 15.3 Å². The van der Waals surface area contributed by atoms with E-state index < -0.39 is 17.4 Å². The molecule has 0 spiro atoms. The molecule has 0 bridgehead atoms. The van der Waals surface area contributed by atoms with Crippen LogP contribution in [0.3, 0.4) is 0 Å². The van der Waals surface area contributed by atoms with Gasteiger partial charge in [0.2, 0.25) is 5.79 Å².